The Balaban J connectivity index is 1.30. The minimum absolute atomic E-state index is 0.0507. The molecule has 2 aliphatic heterocycles. The summed E-state index contributed by atoms with van der Waals surface area (Å²) in [5.74, 6) is -0.235. The fraction of sp³-hybridized carbons (Fsp3) is 0.440. The number of aromatic nitrogens is 3. The molecule has 2 N–H and O–H groups in total. The van der Waals surface area contributed by atoms with E-state index in [1.165, 1.54) is 0 Å². The summed E-state index contributed by atoms with van der Waals surface area (Å²) in [6, 6.07) is 7.66. The van der Waals surface area contributed by atoms with E-state index in [0.29, 0.717) is 31.9 Å². The maximum absolute atomic E-state index is 13.7. The van der Waals surface area contributed by atoms with E-state index in [4.69, 9.17) is 9.26 Å². The second-order valence-corrected chi connectivity index (χ2v) is 9.63. The van der Waals surface area contributed by atoms with Crippen LogP contribution in [0.4, 0.5) is 24.7 Å². The van der Waals surface area contributed by atoms with Gasteiger partial charge in [-0.25, -0.2) is 4.98 Å². The predicted molar refractivity (Wildman–Crippen MR) is 126 cm³/mol. The lowest BCUT2D eigenvalue weighted by atomic mass is 9.93. The largest absolute Gasteiger partial charge is 0.481 e. The van der Waals surface area contributed by atoms with Crippen LogP contribution in [-0.4, -0.2) is 58.5 Å². The van der Waals surface area contributed by atoms with Gasteiger partial charge in [-0.3, -0.25) is 4.79 Å². The second kappa shape index (κ2) is 9.02. The number of morpholine rings is 1. The minimum atomic E-state index is -4.56. The molecule has 12 heteroatoms. The molecular formula is C25H24F3N5O4. The van der Waals surface area contributed by atoms with Crippen LogP contribution in [0, 0.1) is 5.92 Å². The number of nitrogens with one attached hydrogen (secondary N) is 1. The van der Waals surface area contributed by atoms with Gasteiger partial charge < -0.3 is 24.6 Å². The molecule has 3 atom stereocenters. The van der Waals surface area contributed by atoms with Crippen LogP contribution in [-0.2, 0) is 15.7 Å². The number of carbonyl (C=O) groups is 1. The van der Waals surface area contributed by atoms with E-state index in [1.807, 2.05) is 18.2 Å². The number of fused-ring (bicyclic) bond motifs is 3. The maximum atomic E-state index is 13.7. The van der Waals surface area contributed by atoms with Gasteiger partial charge in [0.05, 0.1) is 25.2 Å². The molecule has 194 valence electrons. The monoisotopic (exact) mass is 515 g/mol. The molecule has 0 amide bonds. The second-order valence-electron chi connectivity index (χ2n) is 9.63. The van der Waals surface area contributed by atoms with Crippen molar-refractivity contribution in [2.75, 3.05) is 36.5 Å². The number of carboxylic acid groups (broad SMARTS) is 1. The third-order valence-corrected chi connectivity index (χ3v) is 7.38. The van der Waals surface area contributed by atoms with Crippen molar-refractivity contribution in [3.05, 3.63) is 41.5 Å². The summed E-state index contributed by atoms with van der Waals surface area (Å²) in [4.78, 5) is 21.7. The van der Waals surface area contributed by atoms with Crippen LogP contribution in [0.1, 0.15) is 36.3 Å². The van der Waals surface area contributed by atoms with Crippen LogP contribution >= 0.6 is 0 Å². The number of anilines is 2. The van der Waals surface area contributed by atoms with Gasteiger partial charge in [0.1, 0.15) is 11.5 Å². The number of halogens is 3. The lowest BCUT2D eigenvalue weighted by molar-refractivity contribution is -0.138. The number of nitrogens with zero attached hydrogens (tertiary/aromatic N) is 4. The number of carboxylic acids is 1. The smallest absolute Gasteiger partial charge is 0.416 e. The molecule has 2 fully saturated rings. The van der Waals surface area contributed by atoms with Crippen molar-refractivity contribution in [1.82, 2.24) is 15.1 Å². The van der Waals surface area contributed by atoms with Crippen molar-refractivity contribution in [3.63, 3.8) is 0 Å². The standard InChI is InChI=1S/C25H24F3N5O4/c26-25(27,28)15-11-19(29-20(12-15)33-5-7-36-8-6-33)24-31-23(32-37-24)14-2-4-18-17(9-14)16-3-1-13(10-21(34)35)22(16)30-18/h2,4,9,11-13,16,22,30H,1,3,5-8,10H2,(H,34,35). The number of ether oxygens (including phenoxy) is 1. The molecule has 0 bridgehead atoms. The highest BCUT2D eigenvalue weighted by Gasteiger charge is 2.43. The number of alkyl halides is 3. The Morgan fingerprint density at radius 3 is 2.70 bits per heavy atom. The van der Waals surface area contributed by atoms with Gasteiger partial charge in [-0.2, -0.15) is 18.2 Å². The number of aliphatic carboxylic acids is 1. The molecule has 3 aromatic rings. The number of benzene rings is 1. The molecular weight excluding hydrogens is 491 g/mol. The van der Waals surface area contributed by atoms with Crippen LogP contribution in [0.5, 0.6) is 0 Å². The van der Waals surface area contributed by atoms with Crippen LogP contribution in [0.25, 0.3) is 23.0 Å². The zero-order valence-electron chi connectivity index (χ0n) is 19.7. The molecule has 1 saturated heterocycles. The summed E-state index contributed by atoms with van der Waals surface area (Å²) < 4.78 is 51.6. The van der Waals surface area contributed by atoms with Crippen molar-refractivity contribution in [3.8, 4) is 23.0 Å². The average Bonchev–Trinajstić information content (AvgIpc) is 3.60. The van der Waals surface area contributed by atoms with Gasteiger partial charge >= 0.3 is 12.1 Å². The molecule has 1 aromatic carbocycles. The summed E-state index contributed by atoms with van der Waals surface area (Å²) in [5, 5.41) is 16.7. The summed E-state index contributed by atoms with van der Waals surface area (Å²) >= 11 is 0. The summed E-state index contributed by atoms with van der Waals surface area (Å²) in [7, 11) is 0. The summed E-state index contributed by atoms with van der Waals surface area (Å²) in [6.07, 6.45) is -2.73. The van der Waals surface area contributed by atoms with Gasteiger partial charge in [-0.1, -0.05) is 5.16 Å². The molecule has 1 saturated carbocycles. The Hall–Kier alpha value is -3.67. The molecule has 2 aromatic heterocycles. The maximum Gasteiger partial charge on any atom is 0.416 e. The zero-order valence-corrected chi connectivity index (χ0v) is 19.7. The third kappa shape index (κ3) is 4.50. The zero-order chi connectivity index (χ0) is 25.7. The third-order valence-electron chi connectivity index (χ3n) is 7.38. The Kier molecular flexibility index (Phi) is 5.78. The molecule has 37 heavy (non-hydrogen) atoms. The first-order valence-corrected chi connectivity index (χ1v) is 12.1. The highest BCUT2D eigenvalue weighted by molar-refractivity contribution is 5.71. The highest BCUT2D eigenvalue weighted by atomic mass is 19.4. The van der Waals surface area contributed by atoms with Crippen molar-refractivity contribution in [2.45, 2.75) is 37.4 Å². The van der Waals surface area contributed by atoms with E-state index in [1.54, 1.807) is 4.90 Å². The van der Waals surface area contributed by atoms with Crippen molar-refractivity contribution in [1.29, 1.82) is 0 Å². The normalized spacial score (nSPS) is 23.0. The molecule has 6 rings (SSSR count). The van der Waals surface area contributed by atoms with Gasteiger partial charge in [0.15, 0.2) is 0 Å². The molecule has 3 aliphatic rings. The van der Waals surface area contributed by atoms with Gasteiger partial charge in [0.25, 0.3) is 5.89 Å². The van der Waals surface area contributed by atoms with E-state index in [2.05, 4.69) is 20.4 Å². The van der Waals surface area contributed by atoms with Crippen molar-refractivity contribution < 1.29 is 32.3 Å². The molecule has 9 nitrogen and oxygen atoms in total. The van der Waals surface area contributed by atoms with Crippen molar-refractivity contribution in [2.24, 2.45) is 5.92 Å². The Bertz CT molecular complexity index is 1340. The Labute approximate surface area is 209 Å². The van der Waals surface area contributed by atoms with Gasteiger partial charge in [0.2, 0.25) is 5.82 Å². The summed E-state index contributed by atoms with van der Waals surface area (Å²) in [6.45, 7) is 1.68. The number of hydrogen-bond donors (Lipinski definition) is 2. The molecule has 4 heterocycles. The Morgan fingerprint density at radius 1 is 1.14 bits per heavy atom. The van der Waals surface area contributed by atoms with E-state index < -0.39 is 17.7 Å². The molecule has 0 radical (unpaired) electrons. The van der Waals surface area contributed by atoms with Gasteiger partial charge in [-0.05, 0) is 54.7 Å². The molecule has 0 spiro atoms. The Morgan fingerprint density at radius 2 is 1.95 bits per heavy atom. The first-order chi connectivity index (χ1) is 17.8. The average molecular weight is 515 g/mol. The SMILES string of the molecule is O=C(O)CC1CCC2c3cc(-c4noc(-c5cc(C(F)(F)F)cc(N6CCOCC6)n5)n4)ccc3NC12. The lowest BCUT2D eigenvalue weighted by Gasteiger charge is -2.28. The first-order valence-electron chi connectivity index (χ1n) is 12.1. The lowest BCUT2D eigenvalue weighted by Crippen LogP contribution is -2.37. The van der Waals surface area contributed by atoms with E-state index in [0.717, 1.165) is 36.2 Å². The highest BCUT2D eigenvalue weighted by Crippen LogP contribution is 2.49. The van der Waals surface area contributed by atoms with Gasteiger partial charge in [-0.15, -0.1) is 0 Å². The van der Waals surface area contributed by atoms with Crippen LogP contribution in [0.2, 0.25) is 0 Å². The quantitative estimate of drug-likeness (QED) is 0.510. The topological polar surface area (TPSA) is 114 Å². The molecule has 3 unspecified atom stereocenters. The first kappa shape index (κ1) is 23.7. The fourth-order valence-electron chi connectivity index (χ4n) is 5.61. The predicted octanol–water partition coefficient (Wildman–Crippen LogP) is 4.42. The fourth-order valence-corrected chi connectivity index (χ4v) is 5.61. The van der Waals surface area contributed by atoms with Crippen LogP contribution in [0.3, 0.4) is 0 Å². The van der Waals surface area contributed by atoms with E-state index in [-0.39, 0.29) is 47.5 Å². The minimum Gasteiger partial charge on any atom is -0.481 e. The number of hydrogen-bond acceptors (Lipinski definition) is 8. The number of pyridine rings is 1. The number of rotatable bonds is 5. The van der Waals surface area contributed by atoms with Crippen LogP contribution in [0.15, 0.2) is 34.9 Å². The van der Waals surface area contributed by atoms with Crippen LogP contribution < -0.4 is 10.2 Å². The molecule has 1 aliphatic carbocycles. The summed E-state index contributed by atoms with van der Waals surface area (Å²) in [5.41, 5.74) is 1.79. The van der Waals surface area contributed by atoms with E-state index in [9.17, 15) is 23.1 Å². The van der Waals surface area contributed by atoms with Crippen molar-refractivity contribution >= 4 is 17.5 Å². The van der Waals surface area contributed by atoms with Gasteiger partial charge in [0, 0.05) is 36.3 Å². The van der Waals surface area contributed by atoms with E-state index >= 15 is 0 Å².